The monoisotopic (exact) mass is 407 g/mol. The first-order chi connectivity index (χ1) is 14.5. The molecule has 3 aromatic rings. The quantitative estimate of drug-likeness (QED) is 0.655. The molecule has 0 N–H and O–H groups in total. The number of hydrogen-bond donors (Lipinski definition) is 0. The van der Waals surface area contributed by atoms with Crippen LogP contribution in [0.2, 0.25) is 0 Å². The molecule has 0 spiro atoms. The predicted octanol–water partition coefficient (Wildman–Crippen LogP) is 4.04. The van der Waals surface area contributed by atoms with Gasteiger partial charge in [-0.05, 0) is 49.2 Å². The van der Waals surface area contributed by atoms with Crippen molar-refractivity contribution in [2.24, 2.45) is 0 Å². The number of benzene rings is 2. The van der Waals surface area contributed by atoms with Crippen molar-refractivity contribution in [2.45, 2.75) is 19.9 Å². The van der Waals surface area contributed by atoms with Gasteiger partial charge in [-0.15, -0.1) is 0 Å². The SMILES string of the molecule is COc1ccc2cc(C(=O)N3CCCN(Cc4ccc(F)cc4)CC3)c(C)nc2c1. The van der Waals surface area contributed by atoms with Gasteiger partial charge in [0.1, 0.15) is 11.6 Å². The Morgan fingerprint density at radius 2 is 1.87 bits per heavy atom. The van der Waals surface area contributed by atoms with Gasteiger partial charge < -0.3 is 9.64 Å². The van der Waals surface area contributed by atoms with Gasteiger partial charge in [0, 0.05) is 44.2 Å². The Morgan fingerprint density at radius 1 is 1.07 bits per heavy atom. The molecule has 4 rings (SSSR count). The lowest BCUT2D eigenvalue weighted by atomic mass is 10.1. The molecule has 156 valence electrons. The van der Waals surface area contributed by atoms with Crippen LogP contribution in [0, 0.1) is 12.7 Å². The topological polar surface area (TPSA) is 45.7 Å². The third-order valence-corrected chi connectivity index (χ3v) is 5.64. The number of aromatic nitrogens is 1. The molecule has 1 fully saturated rings. The van der Waals surface area contributed by atoms with Crippen molar-refractivity contribution in [3.8, 4) is 5.75 Å². The maximum Gasteiger partial charge on any atom is 0.255 e. The lowest BCUT2D eigenvalue weighted by molar-refractivity contribution is 0.0760. The molecule has 0 atom stereocenters. The highest BCUT2D eigenvalue weighted by Gasteiger charge is 2.22. The van der Waals surface area contributed by atoms with Gasteiger partial charge in [0.2, 0.25) is 0 Å². The van der Waals surface area contributed by atoms with Crippen LogP contribution in [0.1, 0.15) is 28.0 Å². The summed E-state index contributed by atoms with van der Waals surface area (Å²) in [6, 6.07) is 14.3. The molecular formula is C24H26FN3O2. The van der Waals surface area contributed by atoms with Gasteiger partial charge in [-0.25, -0.2) is 4.39 Å². The molecular weight excluding hydrogens is 381 g/mol. The van der Waals surface area contributed by atoms with Crippen LogP contribution >= 0.6 is 0 Å². The van der Waals surface area contributed by atoms with Gasteiger partial charge in [0.05, 0.1) is 23.9 Å². The Bertz CT molecular complexity index is 1050. The Hall–Kier alpha value is -2.99. The Labute approximate surface area is 176 Å². The summed E-state index contributed by atoms with van der Waals surface area (Å²) >= 11 is 0. The second kappa shape index (κ2) is 8.79. The first-order valence-electron chi connectivity index (χ1n) is 10.2. The lowest BCUT2D eigenvalue weighted by Crippen LogP contribution is -2.35. The Kier molecular flexibility index (Phi) is 5.95. The number of pyridine rings is 1. The van der Waals surface area contributed by atoms with E-state index in [0.29, 0.717) is 12.1 Å². The second-order valence-corrected chi connectivity index (χ2v) is 7.73. The van der Waals surface area contributed by atoms with E-state index in [4.69, 9.17) is 4.74 Å². The van der Waals surface area contributed by atoms with Gasteiger partial charge in [0.15, 0.2) is 0 Å². The molecule has 1 aliphatic rings. The Balaban J connectivity index is 1.47. The summed E-state index contributed by atoms with van der Waals surface area (Å²) in [5.41, 5.74) is 3.29. The second-order valence-electron chi connectivity index (χ2n) is 7.73. The van der Waals surface area contributed by atoms with Crippen molar-refractivity contribution >= 4 is 16.8 Å². The van der Waals surface area contributed by atoms with Gasteiger partial charge in [-0.2, -0.15) is 0 Å². The molecule has 30 heavy (non-hydrogen) atoms. The number of fused-ring (bicyclic) bond motifs is 1. The van der Waals surface area contributed by atoms with E-state index < -0.39 is 0 Å². The van der Waals surface area contributed by atoms with Crippen molar-refractivity contribution in [3.05, 3.63) is 71.2 Å². The third-order valence-electron chi connectivity index (χ3n) is 5.64. The minimum Gasteiger partial charge on any atom is -0.497 e. The standard InChI is InChI=1S/C24H26FN3O2/c1-17-22(14-19-6-9-21(30-2)15-23(19)26-17)24(29)28-11-3-10-27(12-13-28)16-18-4-7-20(25)8-5-18/h4-9,14-15H,3,10-13,16H2,1-2H3. The summed E-state index contributed by atoms with van der Waals surface area (Å²) in [6.07, 6.45) is 0.907. The first-order valence-corrected chi connectivity index (χ1v) is 10.2. The fourth-order valence-corrected chi connectivity index (χ4v) is 3.94. The van der Waals surface area contributed by atoms with Gasteiger partial charge in [-0.1, -0.05) is 12.1 Å². The molecule has 1 saturated heterocycles. The molecule has 2 heterocycles. The zero-order chi connectivity index (χ0) is 21.1. The molecule has 6 heteroatoms. The van der Waals surface area contributed by atoms with E-state index in [-0.39, 0.29) is 11.7 Å². The summed E-state index contributed by atoms with van der Waals surface area (Å²) in [4.78, 5) is 22.1. The number of aryl methyl sites for hydroxylation is 1. The molecule has 1 amide bonds. The average molecular weight is 407 g/mol. The first kappa shape index (κ1) is 20.3. The maximum atomic E-state index is 13.2. The highest BCUT2D eigenvalue weighted by Crippen LogP contribution is 2.23. The number of nitrogens with zero attached hydrogens (tertiary/aromatic N) is 3. The van der Waals surface area contributed by atoms with Crippen molar-refractivity contribution in [1.82, 2.24) is 14.8 Å². The van der Waals surface area contributed by atoms with E-state index in [1.807, 2.05) is 48.2 Å². The summed E-state index contributed by atoms with van der Waals surface area (Å²) in [5, 5.41) is 0.928. The van der Waals surface area contributed by atoms with E-state index >= 15 is 0 Å². The minimum absolute atomic E-state index is 0.0290. The summed E-state index contributed by atoms with van der Waals surface area (Å²) < 4.78 is 18.4. The molecule has 5 nitrogen and oxygen atoms in total. The molecule has 0 aliphatic carbocycles. The van der Waals surface area contributed by atoms with Gasteiger partial charge in [-0.3, -0.25) is 14.7 Å². The maximum absolute atomic E-state index is 13.2. The van der Waals surface area contributed by atoms with Crippen LogP contribution in [0.3, 0.4) is 0 Å². The molecule has 0 radical (unpaired) electrons. The number of hydrogen-bond acceptors (Lipinski definition) is 4. The van der Waals surface area contributed by atoms with Gasteiger partial charge >= 0.3 is 0 Å². The van der Waals surface area contributed by atoms with Crippen molar-refractivity contribution in [2.75, 3.05) is 33.3 Å². The number of ether oxygens (including phenoxy) is 1. The van der Waals surface area contributed by atoms with E-state index in [1.165, 1.54) is 12.1 Å². The number of carbonyl (C=O) groups is 1. The van der Waals surface area contributed by atoms with Crippen LogP contribution in [0.15, 0.2) is 48.5 Å². The summed E-state index contributed by atoms with van der Waals surface area (Å²) in [5.74, 6) is 0.563. The van der Waals surface area contributed by atoms with E-state index in [9.17, 15) is 9.18 Å². The summed E-state index contributed by atoms with van der Waals surface area (Å²) in [7, 11) is 1.63. The minimum atomic E-state index is -0.218. The molecule has 0 bridgehead atoms. The molecule has 1 aromatic heterocycles. The van der Waals surface area contributed by atoms with Gasteiger partial charge in [0.25, 0.3) is 5.91 Å². The predicted molar refractivity (Wildman–Crippen MR) is 115 cm³/mol. The number of carbonyl (C=O) groups excluding carboxylic acids is 1. The van der Waals surface area contributed by atoms with Crippen LogP contribution in [0.5, 0.6) is 5.75 Å². The van der Waals surface area contributed by atoms with Crippen molar-refractivity contribution < 1.29 is 13.9 Å². The molecule has 0 unspecified atom stereocenters. The van der Waals surface area contributed by atoms with Crippen LogP contribution in [0.4, 0.5) is 4.39 Å². The molecule has 1 aliphatic heterocycles. The Morgan fingerprint density at radius 3 is 2.63 bits per heavy atom. The average Bonchev–Trinajstić information content (AvgIpc) is 2.99. The zero-order valence-corrected chi connectivity index (χ0v) is 17.4. The number of rotatable bonds is 4. The van der Waals surface area contributed by atoms with E-state index in [0.717, 1.165) is 60.5 Å². The number of amides is 1. The number of methoxy groups -OCH3 is 1. The van der Waals surface area contributed by atoms with Crippen molar-refractivity contribution in [1.29, 1.82) is 0 Å². The van der Waals surface area contributed by atoms with E-state index in [1.54, 1.807) is 7.11 Å². The highest BCUT2D eigenvalue weighted by molar-refractivity contribution is 5.98. The lowest BCUT2D eigenvalue weighted by Gasteiger charge is -2.23. The van der Waals surface area contributed by atoms with Crippen LogP contribution in [-0.2, 0) is 6.54 Å². The van der Waals surface area contributed by atoms with Crippen LogP contribution < -0.4 is 4.74 Å². The largest absolute Gasteiger partial charge is 0.497 e. The van der Waals surface area contributed by atoms with E-state index in [2.05, 4.69) is 9.88 Å². The molecule has 0 saturated carbocycles. The number of halogens is 1. The highest BCUT2D eigenvalue weighted by atomic mass is 19.1. The van der Waals surface area contributed by atoms with Crippen LogP contribution in [-0.4, -0.2) is 54.0 Å². The normalized spacial score (nSPS) is 15.2. The van der Waals surface area contributed by atoms with Crippen molar-refractivity contribution in [3.63, 3.8) is 0 Å². The fourth-order valence-electron chi connectivity index (χ4n) is 3.94. The third kappa shape index (κ3) is 4.44. The fraction of sp³-hybridized carbons (Fsp3) is 0.333. The molecule has 2 aromatic carbocycles. The van der Waals surface area contributed by atoms with Crippen LogP contribution in [0.25, 0.3) is 10.9 Å². The summed E-state index contributed by atoms with van der Waals surface area (Å²) in [6.45, 7) is 5.74. The smallest absolute Gasteiger partial charge is 0.255 e. The zero-order valence-electron chi connectivity index (χ0n) is 17.4.